The fourth-order valence-electron chi connectivity index (χ4n) is 2.84. The average Bonchev–Trinajstić information content (AvgIpc) is 3.37. The van der Waals surface area contributed by atoms with Crippen LogP contribution in [-0.2, 0) is 17.9 Å². The molecule has 0 radical (unpaired) electrons. The Bertz CT molecular complexity index is 892. The van der Waals surface area contributed by atoms with Crippen LogP contribution in [0.5, 0.6) is 17.2 Å². The topological polar surface area (TPSA) is 61.1 Å². The molecule has 1 aliphatic rings. The summed E-state index contributed by atoms with van der Waals surface area (Å²) < 4.78 is 21.8. The molecule has 4 rings (SSSR count). The maximum atomic E-state index is 12.8. The number of para-hydroxylation sites is 1. The number of hydrogen-bond acceptors (Lipinski definition) is 5. The molecule has 0 saturated carbocycles. The van der Waals surface area contributed by atoms with E-state index in [1.165, 1.54) is 0 Å². The van der Waals surface area contributed by atoms with Gasteiger partial charge < -0.3 is 23.5 Å². The molecule has 0 saturated heterocycles. The number of fused-ring (bicyclic) bond motifs is 1. The van der Waals surface area contributed by atoms with E-state index in [9.17, 15) is 4.79 Å². The van der Waals surface area contributed by atoms with Crippen molar-refractivity contribution in [2.24, 2.45) is 0 Å². The number of carbonyl (C=O) groups is 1. The summed E-state index contributed by atoms with van der Waals surface area (Å²) in [5, 5.41) is 0. The van der Waals surface area contributed by atoms with E-state index < -0.39 is 0 Å². The molecule has 1 aromatic heterocycles. The molecule has 0 unspecified atom stereocenters. The van der Waals surface area contributed by atoms with Crippen LogP contribution in [0.3, 0.4) is 0 Å². The van der Waals surface area contributed by atoms with Crippen molar-refractivity contribution in [3.05, 3.63) is 78.3 Å². The molecule has 27 heavy (non-hydrogen) atoms. The minimum absolute atomic E-state index is 0.0464. The van der Waals surface area contributed by atoms with Gasteiger partial charge in [0, 0.05) is 6.54 Å². The van der Waals surface area contributed by atoms with Crippen molar-refractivity contribution >= 4 is 5.91 Å². The predicted octanol–water partition coefficient (Wildman–Crippen LogP) is 3.62. The van der Waals surface area contributed by atoms with E-state index in [-0.39, 0.29) is 19.3 Å². The molecule has 0 atom stereocenters. The van der Waals surface area contributed by atoms with Gasteiger partial charge in [-0.3, -0.25) is 4.79 Å². The minimum Gasteiger partial charge on any atom is -0.484 e. The maximum absolute atomic E-state index is 12.8. The second kappa shape index (κ2) is 7.86. The van der Waals surface area contributed by atoms with E-state index in [0.29, 0.717) is 30.3 Å². The van der Waals surface area contributed by atoms with Crippen LogP contribution in [0, 0.1) is 0 Å². The Hall–Kier alpha value is -3.41. The molecule has 1 aliphatic heterocycles. The van der Waals surface area contributed by atoms with Crippen LogP contribution < -0.4 is 14.2 Å². The summed E-state index contributed by atoms with van der Waals surface area (Å²) in [5.41, 5.74) is 0.943. The van der Waals surface area contributed by atoms with Gasteiger partial charge in [0.05, 0.1) is 12.8 Å². The Balaban J connectivity index is 1.47. The first-order valence-electron chi connectivity index (χ1n) is 8.64. The van der Waals surface area contributed by atoms with Gasteiger partial charge in [-0.1, -0.05) is 24.3 Å². The Labute approximate surface area is 156 Å². The molecule has 2 heterocycles. The smallest absolute Gasteiger partial charge is 0.261 e. The molecule has 2 aromatic carbocycles. The lowest BCUT2D eigenvalue weighted by molar-refractivity contribution is -0.134. The van der Waals surface area contributed by atoms with Gasteiger partial charge >= 0.3 is 0 Å². The van der Waals surface area contributed by atoms with Crippen molar-refractivity contribution in [2.75, 3.05) is 13.4 Å². The lowest BCUT2D eigenvalue weighted by Crippen LogP contribution is -2.34. The molecule has 138 valence electrons. The van der Waals surface area contributed by atoms with E-state index in [1.54, 1.807) is 17.2 Å². The molecule has 3 aromatic rings. The van der Waals surface area contributed by atoms with Gasteiger partial charge in [-0.05, 0) is 42.0 Å². The van der Waals surface area contributed by atoms with Crippen molar-refractivity contribution < 1.29 is 23.4 Å². The summed E-state index contributed by atoms with van der Waals surface area (Å²) in [6.45, 7) is 0.945. The number of hydrogen-bond donors (Lipinski definition) is 0. The van der Waals surface area contributed by atoms with Crippen LogP contribution >= 0.6 is 0 Å². The highest BCUT2D eigenvalue weighted by Crippen LogP contribution is 2.33. The Morgan fingerprint density at radius 2 is 1.81 bits per heavy atom. The van der Waals surface area contributed by atoms with Crippen LogP contribution in [0.2, 0.25) is 0 Å². The molecular weight excluding hydrogens is 346 g/mol. The number of furan rings is 1. The second-order valence-electron chi connectivity index (χ2n) is 6.12. The summed E-state index contributed by atoms with van der Waals surface area (Å²) in [6.07, 6.45) is 1.60. The molecule has 6 nitrogen and oxygen atoms in total. The molecule has 6 heteroatoms. The molecule has 0 fully saturated rings. The summed E-state index contributed by atoms with van der Waals surface area (Å²) in [6, 6.07) is 18.6. The van der Waals surface area contributed by atoms with Gasteiger partial charge in [0.2, 0.25) is 6.79 Å². The highest BCUT2D eigenvalue weighted by molar-refractivity contribution is 5.77. The van der Waals surface area contributed by atoms with E-state index in [0.717, 1.165) is 11.3 Å². The van der Waals surface area contributed by atoms with Crippen molar-refractivity contribution in [3.63, 3.8) is 0 Å². The number of ether oxygens (including phenoxy) is 3. The zero-order valence-electron chi connectivity index (χ0n) is 14.7. The van der Waals surface area contributed by atoms with E-state index in [4.69, 9.17) is 18.6 Å². The number of rotatable bonds is 7. The maximum Gasteiger partial charge on any atom is 0.261 e. The summed E-state index contributed by atoms with van der Waals surface area (Å²) in [4.78, 5) is 14.5. The van der Waals surface area contributed by atoms with E-state index in [2.05, 4.69) is 0 Å². The number of nitrogens with zero attached hydrogens (tertiary/aromatic N) is 1. The van der Waals surface area contributed by atoms with Gasteiger partial charge in [-0.25, -0.2) is 0 Å². The van der Waals surface area contributed by atoms with Crippen molar-refractivity contribution in [1.29, 1.82) is 0 Å². The monoisotopic (exact) mass is 365 g/mol. The van der Waals surface area contributed by atoms with Crippen LogP contribution in [0.25, 0.3) is 0 Å². The fraction of sp³-hybridized carbons (Fsp3) is 0.190. The molecule has 0 N–H and O–H groups in total. The van der Waals surface area contributed by atoms with Crippen LogP contribution in [0.15, 0.2) is 71.3 Å². The van der Waals surface area contributed by atoms with Gasteiger partial charge in [-0.2, -0.15) is 0 Å². The summed E-state index contributed by atoms with van der Waals surface area (Å²) in [7, 11) is 0. The number of carbonyl (C=O) groups excluding carboxylic acids is 1. The molecule has 0 aliphatic carbocycles. The van der Waals surface area contributed by atoms with Gasteiger partial charge in [0.1, 0.15) is 11.5 Å². The normalized spacial score (nSPS) is 12.0. The first kappa shape index (κ1) is 17.0. The highest BCUT2D eigenvalue weighted by atomic mass is 16.7. The lowest BCUT2D eigenvalue weighted by atomic mass is 10.2. The second-order valence-corrected chi connectivity index (χ2v) is 6.12. The largest absolute Gasteiger partial charge is 0.484 e. The quantitative estimate of drug-likeness (QED) is 0.640. The third kappa shape index (κ3) is 4.23. The van der Waals surface area contributed by atoms with Gasteiger partial charge in [0.15, 0.2) is 18.1 Å². The Morgan fingerprint density at radius 3 is 2.63 bits per heavy atom. The molecule has 0 spiro atoms. The average molecular weight is 365 g/mol. The van der Waals surface area contributed by atoms with Crippen LogP contribution in [0.1, 0.15) is 11.3 Å². The van der Waals surface area contributed by atoms with Crippen molar-refractivity contribution in [1.82, 2.24) is 4.90 Å². The predicted molar refractivity (Wildman–Crippen MR) is 97.5 cm³/mol. The van der Waals surface area contributed by atoms with E-state index in [1.807, 2.05) is 54.6 Å². The van der Waals surface area contributed by atoms with Gasteiger partial charge in [-0.15, -0.1) is 0 Å². The zero-order chi connectivity index (χ0) is 18.5. The first-order chi connectivity index (χ1) is 13.3. The Morgan fingerprint density at radius 1 is 0.963 bits per heavy atom. The number of amides is 1. The first-order valence-corrected chi connectivity index (χ1v) is 8.64. The highest BCUT2D eigenvalue weighted by Gasteiger charge is 2.19. The zero-order valence-corrected chi connectivity index (χ0v) is 14.7. The Kier molecular flexibility index (Phi) is 4.96. The fourth-order valence-corrected chi connectivity index (χ4v) is 2.84. The van der Waals surface area contributed by atoms with Crippen molar-refractivity contribution in [3.8, 4) is 17.2 Å². The SMILES string of the molecule is O=C(COc1ccccc1)N(Cc1ccc2c(c1)OCO2)Cc1ccco1. The molecule has 0 bridgehead atoms. The third-order valence-electron chi connectivity index (χ3n) is 4.20. The lowest BCUT2D eigenvalue weighted by Gasteiger charge is -2.22. The van der Waals surface area contributed by atoms with Crippen LogP contribution in [0.4, 0.5) is 0 Å². The van der Waals surface area contributed by atoms with Crippen molar-refractivity contribution in [2.45, 2.75) is 13.1 Å². The standard InChI is InChI=1S/C21H19NO5/c23-21(14-25-17-5-2-1-3-6-17)22(13-18-7-4-10-24-18)12-16-8-9-19-20(11-16)27-15-26-19/h1-11H,12-15H2. The number of benzene rings is 2. The summed E-state index contributed by atoms with van der Waals surface area (Å²) >= 11 is 0. The molecular formula is C21H19NO5. The van der Waals surface area contributed by atoms with Crippen LogP contribution in [-0.4, -0.2) is 24.2 Å². The minimum atomic E-state index is -0.132. The van der Waals surface area contributed by atoms with E-state index >= 15 is 0 Å². The third-order valence-corrected chi connectivity index (χ3v) is 4.20. The molecule has 1 amide bonds. The van der Waals surface area contributed by atoms with Gasteiger partial charge in [0.25, 0.3) is 5.91 Å². The summed E-state index contributed by atoms with van der Waals surface area (Å²) in [5.74, 6) is 2.65.